The Hall–Kier alpha value is -2.19. The van der Waals surface area contributed by atoms with Gasteiger partial charge in [-0.25, -0.2) is 13.6 Å². The van der Waals surface area contributed by atoms with Gasteiger partial charge < -0.3 is 10.4 Å². The van der Waals surface area contributed by atoms with Crippen molar-refractivity contribution in [3.63, 3.8) is 0 Å². The third-order valence-electron chi connectivity index (χ3n) is 2.03. The van der Waals surface area contributed by atoms with Crippen molar-refractivity contribution in [1.82, 2.24) is 5.32 Å². The van der Waals surface area contributed by atoms with Crippen molar-refractivity contribution in [2.75, 3.05) is 6.54 Å². The zero-order chi connectivity index (χ0) is 14.5. The number of nitrogens with two attached hydrogens (primary N) is 1. The third-order valence-corrected chi connectivity index (χ3v) is 2.94. The molecule has 0 aliphatic heterocycles. The van der Waals surface area contributed by atoms with Gasteiger partial charge in [0.2, 0.25) is 10.0 Å². The van der Waals surface area contributed by atoms with E-state index < -0.39 is 33.3 Å². The molecule has 0 heterocycles. The predicted octanol–water partition coefficient (Wildman–Crippen LogP) is -0.483. The van der Waals surface area contributed by atoms with Crippen LogP contribution in [0.3, 0.4) is 0 Å². The maximum absolute atomic E-state index is 11.6. The molecule has 7 nitrogen and oxygen atoms in total. The van der Waals surface area contributed by atoms with E-state index in [0.29, 0.717) is 5.56 Å². The van der Waals surface area contributed by atoms with Crippen LogP contribution in [0, 0.1) is 0 Å². The summed E-state index contributed by atoms with van der Waals surface area (Å²) in [5.74, 6) is -2.35. The number of rotatable bonds is 5. The van der Waals surface area contributed by atoms with E-state index in [4.69, 9.17) is 10.2 Å². The molecule has 0 fully saturated rings. The van der Waals surface area contributed by atoms with Crippen LogP contribution < -0.4 is 10.5 Å². The van der Waals surface area contributed by atoms with Crippen molar-refractivity contribution in [2.45, 2.75) is 0 Å². The fourth-order valence-corrected chi connectivity index (χ4v) is 1.85. The molecule has 1 rings (SSSR count). The monoisotopic (exact) mass is 284 g/mol. The SMILES string of the molecule is NS(=O)(=O)/C(=C\c1ccccc1)C(=O)NCC(=O)O. The van der Waals surface area contributed by atoms with Crippen molar-refractivity contribution in [3.8, 4) is 0 Å². The summed E-state index contributed by atoms with van der Waals surface area (Å²) in [5.41, 5.74) is 0.456. The van der Waals surface area contributed by atoms with E-state index in [9.17, 15) is 18.0 Å². The second-order valence-corrected chi connectivity index (χ2v) is 5.07. The van der Waals surface area contributed by atoms with Crippen molar-refractivity contribution < 1.29 is 23.1 Å². The summed E-state index contributed by atoms with van der Waals surface area (Å²) in [6.07, 6.45) is 1.08. The fourth-order valence-electron chi connectivity index (χ4n) is 1.22. The first kappa shape index (κ1) is 14.9. The first-order chi connectivity index (χ1) is 8.80. The van der Waals surface area contributed by atoms with E-state index in [1.165, 1.54) is 0 Å². The lowest BCUT2D eigenvalue weighted by Crippen LogP contribution is -2.34. The van der Waals surface area contributed by atoms with Gasteiger partial charge in [-0.1, -0.05) is 30.3 Å². The molecule has 0 aliphatic carbocycles. The zero-order valence-electron chi connectivity index (χ0n) is 9.74. The number of nitrogens with one attached hydrogen (secondary N) is 1. The standard InChI is InChI=1S/C11H12N2O5S/c12-19(17,18)9(11(16)13-7-10(14)15)6-8-4-2-1-3-5-8/h1-6H,7H2,(H,13,16)(H,14,15)(H2,12,17,18)/b9-6-. The van der Waals surface area contributed by atoms with Gasteiger partial charge in [0.05, 0.1) is 0 Å². The summed E-state index contributed by atoms with van der Waals surface area (Å²) in [6, 6.07) is 8.19. The molecule has 0 saturated heterocycles. The number of amides is 1. The first-order valence-electron chi connectivity index (χ1n) is 5.10. The van der Waals surface area contributed by atoms with Crippen LogP contribution in [0.5, 0.6) is 0 Å². The molecule has 0 bridgehead atoms. The maximum atomic E-state index is 11.6. The minimum Gasteiger partial charge on any atom is -0.480 e. The minimum atomic E-state index is -4.25. The molecular weight excluding hydrogens is 272 g/mol. The van der Waals surface area contributed by atoms with E-state index >= 15 is 0 Å². The van der Waals surface area contributed by atoms with Gasteiger partial charge in [-0.15, -0.1) is 0 Å². The van der Waals surface area contributed by atoms with Gasteiger partial charge in [0.25, 0.3) is 5.91 Å². The number of carboxylic acid groups (broad SMARTS) is 1. The number of carbonyl (C=O) groups is 2. The maximum Gasteiger partial charge on any atom is 0.322 e. The van der Waals surface area contributed by atoms with E-state index in [0.717, 1.165) is 6.08 Å². The summed E-state index contributed by atoms with van der Waals surface area (Å²) >= 11 is 0. The second-order valence-electron chi connectivity index (χ2n) is 3.54. The molecule has 102 valence electrons. The Morgan fingerprint density at radius 3 is 2.32 bits per heavy atom. The summed E-state index contributed by atoms with van der Waals surface area (Å²) in [5, 5.41) is 15.3. The fraction of sp³-hybridized carbons (Fsp3) is 0.0909. The van der Waals surface area contributed by atoms with E-state index in [2.05, 4.69) is 0 Å². The summed E-state index contributed by atoms with van der Waals surface area (Å²) in [6.45, 7) is -0.694. The molecule has 0 aromatic heterocycles. The highest BCUT2D eigenvalue weighted by atomic mass is 32.2. The number of carbonyl (C=O) groups excluding carboxylic acids is 1. The summed E-state index contributed by atoms with van der Waals surface area (Å²) in [7, 11) is -4.25. The number of primary sulfonamides is 1. The Balaban J connectivity index is 3.07. The van der Waals surface area contributed by atoms with Crippen molar-refractivity contribution in [3.05, 3.63) is 40.8 Å². The average Bonchev–Trinajstić information content (AvgIpc) is 2.33. The lowest BCUT2D eigenvalue weighted by molar-refractivity contribution is -0.137. The molecule has 4 N–H and O–H groups in total. The molecule has 0 unspecified atom stereocenters. The number of carboxylic acids is 1. The van der Waals surface area contributed by atoms with Gasteiger partial charge in [-0.2, -0.15) is 0 Å². The van der Waals surface area contributed by atoms with Gasteiger partial charge >= 0.3 is 5.97 Å². The molecule has 0 atom stereocenters. The minimum absolute atomic E-state index is 0.456. The zero-order valence-corrected chi connectivity index (χ0v) is 10.6. The van der Waals surface area contributed by atoms with Crippen molar-refractivity contribution >= 4 is 28.0 Å². The number of sulfonamides is 1. The van der Waals surface area contributed by atoms with Crippen LogP contribution in [0.2, 0.25) is 0 Å². The largest absolute Gasteiger partial charge is 0.480 e. The quantitative estimate of drug-likeness (QED) is 0.629. The van der Waals surface area contributed by atoms with E-state index in [1.807, 2.05) is 5.32 Å². The molecule has 19 heavy (non-hydrogen) atoms. The number of benzene rings is 1. The Morgan fingerprint density at radius 2 is 1.84 bits per heavy atom. The molecule has 0 radical (unpaired) electrons. The highest BCUT2D eigenvalue weighted by Gasteiger charge is 2.21. The molecule has 0 spiro atoms. The van der Waals surface area contributed by atoms with E-state index in [1.54, 1.807) is 30.3 Å². The van der Waals surface area contributed by atoms with Crippen LogP contribution in [0.4, 0.5) is 0 Å². The Kier molecular flexibility index (Phi) is 4.79. The van der Waals surface area contributed by atoms with Crippen LogP contribution in [0.25, 0.3) is 6.08 Å². The lowest BCUT2D eigenvalue weighted by atomic mass is 10.2. The molecule has 1 aromatic rings. The Labute approximate surface area is 109 Å². The summed E-state index contributed by atoms with van der Waals surface area (Å²) < 4.78 is 22.6. The van der Waals surface area contributed by atoms with Crippen LogP contribution in [0.1, 0.15) is 5.56 Å². The third kappa shape index (κ3) is 4.90. The highest BCUT2D eigenvalue weighted by molar-refractivity contribution is 7.94. The van der Waals surface area contributed by atoms with Gasteiger partial charge in [-0.05, 0) is 11.6 Å². The number of hydrogen-bond acceptors (Lipinski definition) is 4. The number of aliphatic carboxylic acids is 1. The van der Waals surface area contributed by atoms with Gasteiger partial charge in [0.15, 0.2) is 0 Å². The van der Waals surface area contributed by atoms with Gasteiger partial charge in [0.1, 0.15) is 11.4 Å². The number of hydrogen-bond donors (Lipinski definition) is 3. The van der Waals surface area contributed by atoms with Crippen LogP contribution in [-0.2, 0) is 19.6 Å². The topological polar surface area (TPSA) is 127 Å². The van der Waals surface area contributed by atoms with Crippen LogP contribution in [0.15, 0.2) is 35.2 Å². The van der Waals surface area contributed by atoms with Crippen LogP contribution >= 0.6 is 0 Å². The molecule has 1 amide bonds. The van der Waals surface area contributed by atoms with Crippen molar-refractivity contribution in [2.24, 2.45) is 5.14 Å². The second kappa shape index (κ2) is 6.12. The average molecular weight is 284 g/mol. The lowest BCUT2D eigenvalue weighted by Gasteiger charge is -2.05. The molecular formula is C11H12N2O5S. The summed E-state index contributed by atoms with van der Waals surface area (Å²) in [4.78, 5) is 21.2. The van der Waals surface area contributed by atoms with Gasteiger partial charge in [-0.3, -0.25) is 9.59 Å². The van der Waals surface area contributed by atoms with Gasteiger partial charge in [0, 0.05) is 0 Å². The van der Waals surface area contributed by atoms with E-state index in [-0.39, 0.29) is 0 Å². The normalized spacial score (nSPS) is 11.9. The Bertz CT molecular complexity index is 607. The Morgan fingerprint density at radius 1 is 1.26 bits per heavy atom. The highest BCUT2D eigenvalue weighted by Crippen LogP contribution is 2.10. The molecule has 8 heteroatoms. The smallest absolute Gasteiger partial charge is 0.322 e. The molecule has 0 aliphatic rings. The van der Waals surface area contributed by atoms with Crippen LogP contribution in [-0.4, -0.2) is 31.9 Å². The predicted molar refractivity (Wildman–Crippen MR) is 68.2 cm³/mol. The molecule has 1 aromatic carbocycles. The van der Waals surface area contributed by atoms with Crippen molar-refractivity contribution in [1.29, 1.82) is 0 Å². The molecule has 0 saturated carbocycles. The first-order valence-corrected chi connectivity index (χ1v) is 6.65.